The molecule has 2 fully saturated rings. The second-order valence-corrected chi connectivity index (χ2v) is 8.85. The fourth-order valence-electron chi connectivity index (χ4n) is 5.29. The maximum absolute atomic E-state index is 12.6. The van der Waals surface area contributed by atoms with E-state index >= 15 is 0 Å². The number of likely N-dealkylation sites (tertiary alicyclic amines) is 1. The van der Waals surface area contributed by atoms with E-state index in [1.807, 2.05) is 24.3 Å². The fourth-order valence-corrected chi connectivity index (χ4v) is 5.29. The lowest BCUT2D eigenvalue weighted by Gasteiger charge is -2.39. The number of amides is 2. The number of carbonyl (C=O) groups is 3. The Bertz CT molecular complexity index is 1020. The van der Waals surface area contributed by atoms with Crippen molar-refractivity contribution in [3.63, 3.8) is 0 Å². The van der Waals surface area contributed by atoms with Gasteiger partial charge in [-0.15, -0.1) is 0 Å². The number of rotatable bonds is 5. The molecule has 1 heterocycles. The van der Waals surface area contributed by atoms with Crippen LogP contribution in [-0.4, -0.2) is 53.2 Å². The van der Waals surface area contributed by atoms with Crippen molar-refractivity contribution in [3.8, 4) is 11.1 Å². The van der Waals surface area contributed by atoms with E-state index in [0.29, 0.717) is 32.2 Å². The van der Waals surface area contributed by atoms with Gasteiger partial charge in [0.1, 0.15) is 12.6 Å². The minimum atomic E-state index is -0.948. The molecule has 166 valence electrons. The third kappa shape index (κ3) is 3.61. The van der Waals surface area contributed by atoms with E-state index < -0.39 is 18.1 Å². The first-order valence-electron chi connectivity index (χ1n) is 11.2. The van der Waals surface area contributed by atoms with E-state index in [0.717, 1.165) is 11.1 Å². The summed E-state index contributed by atoms with van der Waals surface area (Å²) < 4.78 is 5.60. The van der Waals surface area contributed by atoms with E-state index in [1.165, 1.54) is 16.0 Å². The predicted molar refractivity (Wildman–Crippen MR) is 117 cm³/mol. The Balaban J connectivity index is 1.16. The third-order valence-electron chi connectivity index (χ3n) is 7.04. The molecule has 1 saturated carbocycles. The number of ether oxygens (including phenoxy) is 1. The molecule has 0 spiro atoms. The standard InChI is InChI=1S/C25H26N2O5/c28-23(27-12-11-22(27)24(29)30)15-9-10-16(13-15)26-25(31)32-14-21-19-7-3-1-5-17(19)18-6-2-4-8-20(18)21/h1-8,15-16,21-22H,9-14H2,(H,26,31)(H,29,30)/t15-,16+,22?/m1/s1. The van der Waals surface area contributed by atoms with Gasteiger partial charge in [-0.05, 0) is 47.9 Å². The van der Waals surface area contributed by atoms with E-state index in [1.54, 1.807) is 0 Å². The number of carboxylic acids is 1. The van der Waals surface area contributed by atoms with Gasteiger partial charge in [-0.25, -0.2) is 9.59 Å². The molecule has 3 aliphatic rings. The summed E-state index contributed by atoms with van der Waals surface area (Å²) in [5.74, 6) is -1.29. The lowest BCUT2D eigenvalue weighted by Crippen LogP contribution is -2.56. The molecule has 32 heavy (non-hydrogen) atoms. The highest BCUT2D eigenvalue weighted by atomic mass is 16.5. The monoisotopic (exact) mass is 434 g/mol. The minimum Gasteiger partial charge on any atom is -0.480 e. The quantitative estimate of drug-likeness (QED) is 0.752. The minimum absolute atomic E-state index is 0.00502. The van der Waals surface area contributed by atoms with Gasteiger partial charge in [-0.3, -0.25) is 4.79 Å². The lowest BCUT2D eigenvalue weighted by atomic mass is 9.98. The summed E-state index contributed by atoms with van der Waals surface area (Å²) in [6.07, 6.45) is 1.89. The van der Waals surface area contributed by atoms with Crippen molar-refractivity contribution in [2.45, 2.75) is 43.7 Å². The summed E-state index contributed by atoms with van der Waals surface area (Å²) in [5.41, 5.74) is 4.69. The molecule has 0 bridgehead atoms. The van der Waals surface area contributed by atoms with Gasteiger partial charge in [-0.1, -0.05) is 48.5 Å². The number of carboxylic acid groups (broad SMARTS) is 1. The second-order valence-electron chi connectivity index (χ2n) is 8.85. The number of nitrogens with one attached hydrogen (secondary N) is 1. The molecule has 7 nitrogen and oxygen atoms in total. The number of carbonyl (C=O) groups excluding carboxylic acids is 2. The van der Waals surface area contributed by atoms with Crippen molar-refractivity contribution < 1.29 is 24.2 Å². The van der Waals surface area contributed by atoms with Gasteiger partial charge in [0.05, 0.1) is 0 Å². The maximum atomic E-state index is 12.6. The van der Waals surface area contributed by atoms with Gasteiger partial charge in [0, 0.05) is 24.4 Å². The van der Waals surface area contributed by atoms with Crippen LogP contribution in [0.4, 0.5) is 4.79 Å². The molecule has 2 amide bonds. The molecular weight excluding hydrogens is 408 g/mol. The van der Waals surface area contributed by atoms with Gasteiger partial charge in [0.2, 0.25) is 5.91 Å². The van der Waals surface area contributed by atoms with Crippen LogP contribution in [0, 0.1) is 5.92 Å². The number of benzene rings is 2. The summed E-state index contributed by atoms with van der Waals surface area (Å²) in [5, 5.41) is 12.1. The molecule has 2 aromatic carbocycles. The van der Waals surface area contributed by atoms with Crippen molar-refractivity contribution in [3.05, 3.63) is 59.7 Å². The summed E-state index contributed by atoms with van der Waals surface area (Å²) in [6.45, 7) is 0.750. The highest BCUT2D eigenvalue weighted by molar-refractivity contribution is 5.87. The molecule has 7 heteroatoms. The molecule has 0 aromatic heterocycles. The average molecular weight is 434 g/mol. The Hall–Kier alpha value is -3.35. The number of hydrogen-bond acceptors (Lipinski definition) is 4. The van der Waals surface area contributed by atoms with Gasteiger partial charge in [0.15, 0.2) is 0 Å². The van der Waals surface area contributed by atoms with Crippen molar-refractivity contribution in [2.24, 2.45) is 5.92 Å². The lowest BCUT2D eigenvalue weighted by molar-refractivity contribution is -0.159. The van der Waals surface area contributed by atoms with Crippen molar-refractivity contribution in [1.29, 1.82) is 0 Å². The van der Waals surface area contributed by atoms with Crippen LogP contribution in [-0.2, 0) is 14.3 Å². The zero-order chi connectivity index (χ0) is 22.2. The van der Waals surface area contributed by atoms with E-state index in [-0.39, 0.29) is 30.4 Å². The Morgan fingerprint density at radius 2 is 1.62 bits per heavy atom. The highest BCUT2D eigenvalue weighted by Gasteiger charge is 2.42. The zero-order valence-corrected chi connectivity index (χ0v) is 17.7. The van der Waals surface area contributed by atoms with E-state index in [2.05, 4.69) is 29.6 Å². The number of fused-ring (bicyclic) bond motifs is 3. The normalized spacial score (nSPS) is 23.8. The molecule has 1 unspecified atom stereocenters. The second kappa shape index (κ2) is 8.30. The first-order chi connectivity index (χ1) is 15.5. The molecule has 2 aliphatic carbocycles. The van der Waals surface area contributed by atoms with E-state index in [4.69, 9.17) is 4.74 Å². The van der Waals surface area contributed by atoms with Crippen LogP contribution < -0.4 is 5.32 Å². The van der Waals surface area contributed by atoms with Crippen LogP contribution >= 0.6 is 0 Å². The molecule has 1 aliphatic heterocycles. The van der Waals surface area contributed by atoms with Crippen LogP contribution in [0.15, 0.2) is 48.5 Å². The molecule has 0 radical (unpaired) electrons. The summed E-state index contributed by atoms with van der Waals surface area (Å²) in [6, 6.07) is 15.5. The summed E-state index contributed by atoms with van der Waals surface area (Å²) >= 11 is 0. The Morgan fingerprint density at radius 1 is 0.969 bits per heavy atom. The fraction of sp³-hybridized carbons (Fsp3) is 0.400. The molecule has 5 rings (SSSR count). The Morgan fingerprint density at radius 3 is 2.22 bits per heavy atom. The molecule has 2 N–H and O–H groups in total. The first kappa shape index (κ1) is 20.5. The van der Waals surface area contributed by atoms with Gasteiger partial charge < -0.3 is 20.1 Å². The number of nitrogens with zero attached hydrogens (tertiary/aromatic N) is 1. The Labute approximate surface area is 186 Å². The number of aliphatic carboxylic acids is 1. The van der Waals surface area contributed by atoms with Crippen LogP contribution in [0.5, 0.6) is 0 Å². The van der Waals surface area contributed by atoms with Crippen LogP contribution in [0.25, 0.3) is 11.1 Å². The maximum Gasteiger partial charge on any atom is 0.407 e. The van der Waals surface area contributed by atoms with Gasteiger partial charge in [-0.2, -0.15) is 0 Å². The average Bonchev–Trinajstić information content (AvgIpc) is 3.34. The summed E-state index contributed by atoms with van der Waals surface area (Å²) in [4.78, 5) is 37.8. The van der Waals surface area contributed by atoms with Crippen molar-refractivity contribution in [1.82, 2.24) is 10.2 Å². The third-order valence-corrected chi connectivity index (χ3v) is 7.04. The number of alkyl carbamates (subject to hydrolysis) is 1. The van der Waals surface area contributed by atoms with Gasteiger partial charge in [0.25, 0.3) is 0 Å². The Kier molecular flexibility index (Phi) is 5.33. The van der Waals surface area contributed by atoms with Gasteiger partial charge >= 0.3 is 12.1 Å². The smallest absolute Gasteiger partial charge is 0.407 e. The van der Waals surface area contributed by atoms with Crippen LogP contribution in [0.2, 0.25) is 0 Å². The topological polar surface area (TPSA) is 95.9 Å². The number of hydrogen-bond donors (Lipinski definition) is 2. The van der Waals surface area contributed by atoms with Crippen LogP contribution in [0.3, 0.4) is 0 Å². The SMILES string of the molecule is O=C(N[C@H]1CC[C@@H](C(=O)N2CCC2C(=O)O)C1)OCC1c2ccccc2-c2ccccc21. The van der Waals surface area contributed by atoms with Crippen molar-refractivity contribution >= 4 is 18.0 Å². The molecule has 3 atom stereocenters. The zero-order valence-electron chi connectivity index (χ0n) is 17.7. The van der Waals surface area contributed by atoms with E-state index in [9.17, 15) is 19.5 Å². The molecular formula is C25H26N2O5. The molecule has 2 aromatic rings. The highest BCUT2D eigenvalue weighted by Crippen LogP contribution is 2.44. The van der Waals surface area contributed by atoms with Crippen molar-refractivity contribution in [2.75, 3.05) is 13.2 Å². The first-order valence-corrected chi connectivity index (χ1v) is 11.2. The predicted octanol–water partition coefficient (Wildman–Crippen LogP) is 3.38. The van der Waals surface area contributed by atoms with Crippen LogP contribution in [0.1, 0.15) is 42.7 Å². The molecule has 1 saturated heterocycles. The summed E-state index contributed by atoms with van der Waals surface area (Å²) in [7, 11) is 0. The largest absolute Gasteiger partial charge is 0.480 e.